The number of anilines is 1. The summed E-state index contributed by atoms with van der Waals surface area (Å²) >= 11 is 5.97. The minimum Gasteiger partial charge on any atom is -0.480 e. The molecule has 1 amide bonds. The second-order valence-electron chi connectivity index (χ2n) is 5.88. The predicted molar refractivity (Wildman–Crippen MR) is 95.6 cm³/mol. The lowest BCUT2D eigenvalue weighted by Crippen LogP contribution is -2.31. The van der Waals surface area contributed by atoms with Gasteiger partial charge in [0.25, 0.3) is 5.91 Å². The molecule has 1 aliphatic rings. The molecule has 0 saturated heterocycles. The Morgan fingerprint density at radius 1 is 1.31 bits per heavy atom. The number of nitrogens with one attached hydrogen (secondary N) is 2. The Hall–Kier alpha value is -3.06. The van der Waals surface area contributed by atoms with Gasteiger partial charge in [0.1, 0.15) is 5.75 Å². The molecule has 0 fully saturated rings. The lowest BCUT2D eigenvalue weighted by atomic mass is 10.1. The van der Waals surface area contributed by atoms with Crippen molar-refractivity contribution in [1.29, 1.82) is 0 Å². The molecule has 132 valence electrons. The van der Waals surface area contributed by atoms with E-state index in [0.717, 1.165) is 5.56 Å². The molecule has 7 nitrogen and oxygen atoms in total. The number of ether oxygens (including phenoxy) is 2. The van der Waals surface area contributed by atoms with Crippen molar-refractivity contribution < 1.29 is 19.1 Å². The van der Waals surface area contributed by atoms with E-state index in [2.05, 4.69) is 15.5 Å². The second-order valence-corrected chi connectivity index (χ2v) is 6.31. The molecule has 0 unspecified atom stereocenters. The molecule has 0 spiro atoms. The van der Waals surface area contributed by atoms with Crippen molar-refractivity contribution >= 4 is 40.1 Å². The first-order chi connectivity index (χ1) is 12.5. The predicted octanol–water partition coefficient (Wildman–Crippen LogP) is 2.95. The van der Waals surface area contributed by atoms with Gasteiger partial charge in [-0.15, -0.1) is 0 Å². The number of nitrogens with zero attached hydrogens (tertiary/aromatic N) is 1. The molecule has 0 radical (unpaired) electrons. The van der Waals surface area contributed by atoms with Crippen molar-refractivity contribution in [1.82, 2.24) is 10.2 Å². The third kappa shape index (κ3) is 2.86. The van der Waals surface area contributed by atoms with E-state index in [1.54, 1.807) is 36.4 Å². The highest BCUT2D eigenvalue weighted by atomic mass is 35.5. The first kappa shape index (κ1) is 16.4. The Kier molecular flexibility index (Phi) is 4.00. The number of halogens is 1. The van der Waals surface area contributed by atoms with Crippen LogP contribution in [0, 0.1) is 0 Å². The third-order valence-corrected chi connectivity index (χ3v) is 4.43. The van der Waals surface area contributed by atoms with Gasteiger partial charge in [-0.2, -0.15) is 5.10 Å². The summed E-state index contributed by atoms with van der Waals surface area (Å²) in [5, 5.41) is 10.7. The Morgan fingerprint density at radius 3 is 2.96 bits per heavy atom. The van der Waals surface area contributed by atoms with Gasteiger partial charge in [-0.05, 0) is 42.0 Å². The molecule has 0 aliphatic carbocycles. The molecule has 2 heterocycles. The normalized spacial score (nSPS) is 15.4. The molecular formula is C18H14ClN3O4. The number of aromatic nitrogens is 2. The summed E-state index contributed by atoms with van der Waals surface area (Å²) in [4.78, 5) is 24.3. The zero-order chi connectivity index (χ0) is 18.3. The van der Waals surface area contributed by atoms with E-state index in [1.165, 1.54) is 7.11 Å². The smallest absolute Gasteiger partial charge is 0.359 e. The molecule has 0 saturated carbocycles. The van der Waals surface area contributed by atoms with Crippen molar-refractivity contribution in [3.8, 4) is 5.75 Å². The number of fused-ring (bicyclic) bond motifs is 2. The number of aromatic amines is 1. The first-order valence-corrected chi connectivity index (χ1v) is 8.25. The van der Waals surface area contributed by atoms with Gasteiger partial charge in [-0.1, -0.05) is 11.6 Å². The fraction of sp³-hybridized carbons (Fsp3) is 0.167. The van der Waals surface area contributed by atoms with Crippen molar-refractivity contribution in [3.63, 3.8) is 0 Å². The van der Waals surface area contributed by atoms with Crippen LogP contribution in [0.4, 0.5) is 5.69 Å². The van der Waals surface area contributed by atoms with E-state index in [-0.39, 0.29) is 11.6 Å². The number of carbonyl (C=O) groups excluding carboxylic acids is 2. The van der Waals surface area contributed by atoms with Crippen molar-refractivity contribution in [2.24, 2.45) is 0 Å². The van der Waals surface area contributed by atoms with Crippen molar-refractivity contribution in [2.45, 2.75) is 12.5 Å². The molecule has 1 atom stereocenters. The highest BCUT2D eigenvalue weighted by Crippen LogP contribution is 2.31. The van der Waals surface area contributed by atoms with E-state index < -0.39 is 12.1 Å². The van der Waals surface area contributed by atoms with Gasteiger partial charge >= 0.3 is 5.97 Å². The van der Waals surface area contributed by atoms with E-state index >= 15 is 0 Å². The summed E-state index contributed by atoms with van der Waals surface area (Å²) in [7, 11) is 1.29. The molecule has 26 heavy (non-hydrogen) atoms. The fourth-order valence-corrected chi connectivity index (χ4v) is 3.12. The van der Waals surface area contributed by atoms with Crippen LogP contribution in [-0.4, -0.2) is 35.3 Å². The number of methoxy groups -OCH3 is 1. The standard InChI is InChI=1S/C18H14ClN3O4/c1-25-18(24)16-12-8-11(3-4-13(12)21-22-16)20-17(23)15-7-9-6-10(19)2-5-14(9)26-15/h2-6,8,15H,7H2,1H3,(H,20,23)(H,21,22)/t15-/m0/s1. The SMILES string of the molecule is COC(=O)c1n[nH]c2ccc(NC(=O)[C@@H]3Cc4cc(Cl)ccc4O3)cc12. The molecule has 0 bridgehead atoms. The maximum Gasteiger partial charge on any atom is 0.359 e. The van der Waals surface area contributed by atoms with Gasteiger partial charge < -0.3 is 14.8 Å². The lowest BCUT2D eigenvalue weighted by Gasteiger charge is -2.11. The summed E-state index contributed by atoms with van der Waals surface area (Å²) in [6, 6.07) is 10.4. The van der Waals surface area contributed by atoms with Crippen molar-refractivity contribution in [2.75, 3.05) is 12.4 Å². The topological polar surface area (TPSA) is 93.3 Å². The summed E-state index contributed by atoms with van der Waals surface area (Å²) < 4.78 is 10.4. The van der Waals surface area contributed by atoms with E-state index in [9.17, 15) is 9.59 Å². The van der Waals surface area contributed by atoms with Crippen LogP contribution in [0.15, 0.2) is 36.4 Å². The van der Waals surface area contributed by atoms with E-state index in [0.29, 0.717) is 33.8 Å². The number of hydrogen-bond acceptors (Lipinski definition) is 5. The van der Waals surface area contributed by atoms with Crippen LogP contribution in [0.2, 0.25) is 5.02 Å². The van der Waals surface area contributed by atoms with Crippen molar-refractivity contribution in [3.05, 3.63) is 52.7 Å². The Bertz CT molecular complexity index is 1030. The van der Waals surface area contributed by atoms with Crippen LogP contribution >= 0.6 is 11.6 Å². The van der Waals surface area contributed by atoms with Crippen LogP contribution < -0.4 is 10.1 Å². The fourth-order valence-electron chi connectivity index (χ4n) is 2.93. The molecule has 1 aliphatic heterocycles. The van der Waals surface area contributed by atoms with Gasteiger partial charge in [0.15, 0.2) is 11.8 Å². The zero-order valence-electron chi connectivity index (χ0n) is 13.7. The van der Waals surface area contributed by atoms with Gasteiger partial charge in [0, 0.05) is 22.5 Å². The second kappa shape index (κ2) is 6.34. The van der Waals surface area contributed by atoms with E-state index in [4.69, 9.17) is 21.1 Å². The van der Waals surface area contributed by atoms with Crippen LogP contribution in [0.25, 0.3) is 10.9 Å². The van der Waals surface area contributed by atoms with Crippen LogP contribution in [-0.2, 0) is 16.0 Å². The number of H-pyrrole nitrogens is 1. The summed E-state index contributed by atoms with van der Waals surface area (Å²) in [5.74, 6) is -0.168. The molecule has 4 rings (SSSR count). The maximum absolute atomic E-state index is 12.5. The number of hydrogen-bond donors (Lipinski definition) is 2. The summed E-state index contributed by atoms with van der Waals surface area (Å²) in [6.07, 6.45) is -0.188. The monoisotopic (exact) mass is 371 g/mol. The quantitative estimate of drug-likeness (QED) is 0.690. The lowest BCUT2D eigenvalue weighted by molar-refractivity contribution is -0.122. The number of esters is 1. The molecule has 2 N–H and O–H groups in total. The van der Waals surface area contributed by atoms with Gasteiger partial charge in [0.05, 0.1) is 12.6 Å². The Morgan fingerprint density at radius 2 is 2.15 bits per heavy atom. The number of rotatable bonds is 3. The Balaban J connectivity index is 1.54. The highest BCUT2D eigenvalue weighted by molar-refractivity contribution is 6.30. The average Bonchev–Trinajstić information content (AvgIpc) is 3.24. The van der Waals surface area contributed by atoms with Crippen LogP contribution in [0.1, 0.15) is 16.1 Å². The maximum atomic E-state index is 12.5. The number of amides is 1. The average molecular weight is 372 g/mol. The van der Waals surface area contributed by atoms with Crippen LogP contribution in [0.5, 0.6) is 5.75 Å². The summed E-state index contributed by atoms with van der Waals surface area (Å²) in [5.41, 5.74) is 2.27. The largest absolute Gasteiger partial charge is 0.480 e. The molecule has 1 aromatic heterocycles. The minimum atomic E-state index is -0.636. The van der Waals surface area contributed by atoms with Gasteiger partial charge in [0.2, 0.25) is 0 Å². The minimum absolute atomic E-state index is 0.165. The first-order valence-electron chi connectivity index (χ1n) is 7.87. The van der Waals surface area contributed by atoms with Crippen LogP contribution in [0.3, 0.4) is 0 Å². The summed E-state index contributed by atoms with van der Waals surface area (Å²) in [6.45, 7) is 0. The molecular weight excluding hydrogens is 358 g/mol. The Labute approximate surface area is 153 Å². The van der Waals surface area contributed by atoms with E-state index in [1.807, 2.05) is 0 Å². The third-order valence-electron chi connectivity index (χ3n) is 4.20. The molecule has 3 aromatic rings. The zero-order valence-corrected chi connectivity index (χ0v) is 14.5. The number of carbonyl (C=O) groups is 2. The molecule has 8 heteroatoms. The highest BCUT2D eigenvalue weighted by Gasteiger charge is 2.29. The van der Waals surface area contributed by atoms with Gasteiger partial charge in [-0.25, -0.2) is 4.79 Å². The molecule has 2 aromatic carbocycles. The van der Waals surface area contributed by atoms with Gasteiger partial charge in [-0.3, -0.25) is 9.89 Å². The number of benzene rings is 2.